The van der Waals surface area contributed by atoms with E-state index in [2.05, 4.69) is 16.9 Å². The summed E-state index contributed by atoms with van der Waals surface area (Å²) < 4.78 is 0. The smallest absolute Gasteiger partial charge is 0.270 e. The molecule has 2 N–H and O–H groups in total. The van der Waals surface area contributed by atoms with E-state index in [1.165, 1.54) is 24.6 Å². The predicted octanol–water partition coefficient (Wildman–Crippen LogP) is 2.29. The Morgan fingerprint density at radius 3 is 2.84 bits per heavy atom. The number of nitro benzene ring substituents is 1. The van der Waals surface area contributed by atoms with Crippen LogP contribution >= 0.6 is 0 Å². The summed E-state index contributed by atoms with van der Waals surface area (Å²) in [4.78, 5) is 21.9. The van der Waals surface area contributed by atoms with E-state index in [1.54, 1.807) is 6.07 Å². The number of allylic oxidation sites excluding steroid dienone is 2. The highest BCUT2D eigenvalue weighted by Gasteiger charge is 2.11. The molecule has 0 fully saturated rings. The fourth-order valence-corrected chi connectivity index (χ4v) is 1.92. The summed E-state index contributed by atoms with van der Waals surface area (Å²) >= 11 is 0. The van der Waals surface area contributed by atoms with Gasteiger partial charge < -0.3 is 5.43 Å². The molecule has 0 unspecified atom stereocenters. The van der Waals surface area contributed by atoms with Crippen molar-refractivity contribution in [2.24, 2.45) is 0 Å². The van der Waals surface area contributed by atoms with E-state index in [1.807, 2.05) is 0 Å². The zero-order chi connectivity index (χ0) is 13.7. The third-order valence-corrected chi connectivity index (χ3v) is 2.95. The lowest BCUT2D eigenvalue weighted by atomic mass is 10.1. The first-order chi connectivity index (χ1) is 9.16. The van der Waals surface area contributed by atoms with Gasteiger partial charge in [0.05, 0.1) is 4.92 Å². The van der Waals surface area contributed by atoms with E-state index in [0.29, 0.717) is 0 Å². The Morgan fingerprint density at radius 2 is 2.16 bits per heavy atom. The number of nitrogens with zero attached hydrogens (tertiary/aromatic N) is 1. The normalized spacial score (nSPS) is 14.4. The molecule has 0 spiro atoms. The van der Waals surface area contributed by atoms with Gasteiger partial charge >= 0.3 is 0 Å². The molecule has 0 saturated heterocycles. The predicted molar refractivity (Wildman–Crippen MR) is 70.2 cm³/mol. The van der Waals surface area contributed by atoms with Gasteiger partial charge in [-0.3, -0.25) is 20.3 Å². The van der Waals surface area contributed by atoms with Gasteiger partial charge in [-0.05, 0) is 31.7 Å². The van der Waals surface area contributed by atoms with E-state index in [9.17, 15) is 14.9 Å². The van der Waals surface area contributed by atoms with Crippen LogP contribution in [0.3, 0.4) is 0 Å². The van der Waals surface area contributed by atoms with E-state index in [-0.39, 0.29) is 17.2 Å². The zero-order valence-electron chi connectivity index (χ0n) is 10.4. The maximum absolute atomic E-state index is 11.8. The summed E-state index contributed by atoms with van der Waals surface area (Å²) in [6, 6.07) is 5.65. The first kappa shape index (κ1) is 13.1. The monoisotopic (exact) mass is 261 g/mol. The number of benzene rings is 1. The van der Waals surface area contributed by atoms with Crippen molar-refractivity contribution in [2.45, 2.75) is 25.7 Å². The maximum Gasteiger partial charge on any atom is 0.270 e. The van der Waals surface area contributed by atoms with Crippen LogP contribution in [0.2, 0.25) is 0 Å². The second-order valence-corrected chi connectivity index (χ2v) is 4.36. The highest BCUT2D eigenvalue weighted by Crippen LogP contribution is 2.15. The molecule has 0 radical (unpaired) electrons. The van der Waals surface area contributed by atoms with Gasteiger partial charge in [0.2, 0.25) is 0 Å². The number of nitrogens with one attached hydrogen (secondary N) is 2. The summed E-state index contributed by atoms with van der Waals surface area (Å²) in [5.74, 6) is -0.379. The third kappa shape index (κ3) is 3.54. The van der Waals surface area contributed by atoms with E-state index >= 15 is 0 Å². The largest absolute Gasteiger partial charge is 0.303 e. The molecule has 1 aliphatic rings. The van der Waals surface area contributed by atoms with Crippen molar-refractivity contribution >= 4 is 11.6 Å². The number of hydrazine groups is 1. The van der Waals surface area contributed by atoms with Crippen molar-refractivity contribution in [1.29, 1.82) is 0 Å². The molecule has 0 heterocycles. The van der Waals surface area contributed by atoms with Crippen LogP contribution in [0.15, 0.2) is 36.0 Å². The molecule has 0 aliphatic heterocycles. The van der Waals surface area contributed by atoms with E-state index in [4.69, 9.17) is 0 Å². The average molecular weight is 261 g/mol. The zero-order valence-corrected chi connectivity index (χ0v) is 10.4. The minimum absolute atomic E-state index is 0.0930. The Kier molecular flexibility index (Phi) is 4.12. The minimum Gasteiger partial charge on any atom is -0.303 e. The van der Waals surface area contributed by atoms with E-state index < -0.39 is 4.92 Å². The lowest BCUT2D eigenvalue weighted by molar-refractivity contribution is -0.384. The molecule has 6 heteroatoms. The molecule has 2 rings (SSSR count). The van der Waals surface area contributed by atoms with Crippen LogP contribution in [0.1, 0.15) is 36.0 Å². The SMILES string of the molecule is O=C(NNC1=CCCCC1)c1cccc([N+](=O)[O-])c1. The number of hydrogen-bond acceptors (Lipinski definition) is 4. The summed E-state index contributed by atoms with van der Waals surface area (Å²) in [5.41, 5.74) is 6.58. The second kappa shape index (κ2) is 5.99. The number of amides is 1. The van der Waals surface area contributed by atoms with Crippen molar-refractivity contribution in [3.8, 4) is 0 Å². The molecule has 100 valence electrons. The molecule has 0 aromatic heterocycles. The maximum atomic E-state index is 11.8. The quantitative estimate of drug-likeness (QED) is 0.643. The van der Waals surface area contributed by atoms with Crippen molar-refractivity contribution in [3.05, 3.63) is 51.7 Å². The molecule has 0 saturated carbocycles. The Bertz CT molecular complexity index is 526. The van der Waals surface area contributed by atoms with Crippen LogP contribution in [-0.2, 0) is 0 Å². The second-order valence-electron chi connectivity index (χ2n) is 4.36. The van der Waals surface area contributed by atoms with Gasteiger partial charge in [0.25, 0.3) is 11.6 Å². The van der Waals surface area contributed by atoms with Gasteiger partial charge in [-0.25, -0.2) is 0 Å². The Hall–Kier alpha value is -2.37. The van der Waals surface area contributed by atoms with E-state index in [0.717, 1.165) is 25.0 Å². The van der Waals surface area contributed by atoms with Gasteiger partial charge in [0.15, 0.2) is 0 Å². The highest BCUT2D eigenvalue weighted by atomic mass is 16.6. The molecule has 1 aliphatic carbocycles. The van der Waals surface area contributed by atoms with Crippen molar-refractivity contribution in [2.75, 3.05) is 0 Å². The van der Waals surface area contributed by atoms with Gasteiger partial charge in [0.1, 0.15) is 0 Å². The summed E-state index contributed by atoms with van der Waals surface area (Å²) in [6.45, 7) is 0. The first-order valence-electron chi connectivity index (χ1n) is 6.16. The number of nitro groups is 1. The third-order valence-electron chi connectivity index (χ3n) is 2.95. The topological polar surface area (TPSA) is 84.3 Å². The number of rotatable bonds is 4. The van der Waals surface area contributed by atoms with Gasteiger partial charge in [0, 0.05) is 23.4 Å². The van der Waals surface area contributed by atoms with Crippen molar-refractivity contribution in [3.63, 3.8) is 0 Å². The lowest BCUT2D eigenvalue weighted by Crippen LogP contribution is -2.37. The summed E-state index contributed by atoms with van der Waals surface area (Å²) in [5, 5.41) is 10.6. The minimum atomic E-state index is -0.520. The molecule has 0 bridgehead atoms. The molecule has 1 aromatic rings. The number of non-ortho nitro benzene ring substituents is 1. The summed E-state index contributed by atoms with van der Waals surface area (Å²) in [6.07, 6.45) is 6.25. The lowest BCUT2D eigenvalue weighted by Gasteiger charge is -2.15. The summed E-state index contributed by atoms with van der Waals surface area (Å²) in [7, 11) is 0. The molecule has 19 heavy (non-hydrogen) atoms. The molecule has 1 amide bonds. The van der Waals surface area contributed by atoms with Crippen LogP contribution in [-0.4, -0.2) is 10.8 Å². The molecule has 6 nitrogen and oxygen atoms in total. The van der Waals surface area contributed by atoms with Crippen LogP contribution < -0.4 is 10.9 Å². The van der Waals surface area contributed by atoms with Crippen LogP contribution in [0.4, 0.5) is 5.69 Å². The van der Waals surface area contributed by atoms with Gasteiger partial charge in [-0.1, -0.05) is 12.1 Å². The standard InChI is InChI=1S/C13H15N3O3/c17-13(15-14-11-6-2-1-3-7-11)10-5-4-8-12(9-10)16(18)19/h4-6,8-9,14H,1-3,7H2,(H,15,17). The Balaban J connectivity index is 1.97. The molecule has 0 atom stereocenters. The molecular weight excluding hydrogens is 246 g/mol. The fraction of sp³-hybridized carbons (Fsp3) is 0.308. The van der Waals surface area contributed by atoms with Crippen LogP contribution in [0, 0.1) is 10.1 Å². The molecular formula is C13H15N3O3. The number of carbonyl (C=O) groups is 1. The van der Waals surface area contributed by atoms with Crippen LogP contribution in [0.5, 0.6) is 0 Å². The number of carbonyl (C=O) groups excluding carboxylic acids is 1. The van der Waals surface area contributed by atoms with Crippen LogP contribution in [0.25, 0.3) is 0 Å². The molecule has 1 aromatic carbocycles. The fourth-order valence-electron chi connectivity index (χ4n) is 1.92. The van der Waals surface area contributed by atoms with Gasteiger partial charge in [-0.2, -0.15) is 0 Å². The van der Waals surface area contributed by atoms with Crippen molar-refractivity contribution < 1.29 is 9.72 Å². The Morgan fingerprint density at radius 1 is 1.32 bits per heavy atom. The average Bonchev–Trinajstić information content (AvgIpc) is 2.46. The van der Waals surface area contributed by atoms with Gasteiger partial charge in [-0.15, -0.1) is 0 Å². The highest BCUT2D eigenvalue weighted by molar-refractivity contribution is 5.94. The first-order valence-corrected chi connectivity index (χ1v) is 6.16. The Labute approximate surface area is 110 Å². The number of hydrogen-bond donors (Lipinski definition) is 2. The van der Waals surface area contributed by atoms with Crippen molar-refractivity contribution in [1.82, 2.24) is 10.9 Å².